The first kappa shape index (κ1) is 13.6. The number of rotatable bonds is 3. The van der Waals surface area contributed by atoms with Crippen molar-refractivity contribution in [1.29, 1.82) is 0 Å². The van der Waals surface area contributed by atoms with E-state index in [-0.39, 0.29) is 4.90 Å². The third kappa shape index (κ3) is 3.50. The average molecular weight is 258 g/mol. The molecule has 0 saturated heterocycles. The summed E-state index contributed by atoms with van der Waals surface area (Å²) in [5, 5.41) is 10.7. The van der Waals surface area contributed by atoms with Crippen LogP contribution < -0.4 is 4.72 Å². The molecule has 0 fully saturated rings. The van der Waals surface area contributed by atoms with Crippen LogP contribution in [0, 0.1) is 10.1 Å². The zero-order valence-corrected chi connectivity index (χ0v) is 10.6. The molecule has 0 aliphatic rings. The molecule has 0 bridgehead atoms. The number of sulfonamides is 1. The van der Waals surface area contributed by atoms with Crippen LogP contribution >= 0.6 is 0 Å². The number of benzene rings is 1. The van der Waals surface area contributed by atoms with Crippen LogP contribution in [-0.4, -0.2) is 18.9 Å². The highest BCUT2D eigenvalue weighted by Gasteiger charge is 2.28. The summed E-state index contributed by atoms with van der Waals surface area (Å²) in [6.07, 6.45) is 0. The van der Waals surface area contributed by atoms with Crippen LogP contribution in [0.4, 0.5) is 5.69 Å². The summed E-state index contributed by atoms with van der Waals surface area (Å²) in [4.78, 5) is 9.72. The molecule has 0 unspecified atom stereocenters. The summed E-state index contributed by atoms with van der Waals surface area (Å²) in [5.41, 5.74) is -1.12. The maximum Gasteiger partial charge on any atom is 0.289 e. The van der Waals surface area contributed by atoms with Crippen molar-refractivity contribution in [3.8, 4) is 0 Å². The van der Waals surface area contributed by atoms with Gasteiger partial charge in [-0.25, -0.2) is 13.1 Å². The Balaban J connectivity index is 3.30. The molecule has 0 aliphatic heterocycles. The van der Waals surface area contributed by atoms with E-state index in [1.54, 1.807) is 20.8 Å². The number of nitrogens with one attached hydrogen (secondary N) is 1. The second-order valence-electron chi connectivity index (χ2n) is 4.58. The van der Waals surface area contributed by atoms with Crippen molar-refractivity contribution in [1.82, 2.24) is 4.72 Å². The molecule has 0 heterocycles. The lowest BCUT2D eigenvalue weighted by Crippen LogP contribution is -2.40. The van der Waals surface area contributed by atoms with Crippen LogP contribution in [0.25, 0.3) is 0 Å². The molecule has 0 amide bonds. The van der Waals surface area contributed by atoms with Gasteiger partial charge in [-0.05, 0) is 26.8 Å². The molecule has 1 aromatic carbocycles. The van der Waals surface area contributed by atoms with Crippen molar-refractivity contribution in [3.63, 3.8) is 0 Å². The van der Waals surface area contributed by atoms with Crippen LogP contribution in [0.5, 0.6) is 0 Å². The lowest BCUT2D eigenvalue weighted by molar-refractivity contribution is -0.387. The summed E-state index contributed by atoms with van der Waals surface area (Å²) in [6, 6.07) is 5.25. The van der Waals surface area contributed by atoms with Crippen LogP contribution in [0.3, 0.4) is 0 Å². The highest BCUT2D eigenvalue weighted by atomic mass is 32.2. The Morgan fingerprint density at radius 1 is 1.24 bits per heavy atom. The van der Waals surface area contributed by atoms with Gasteiger partial charge in [-0.3, -0.25) is 10.1 Å². The monoisotopic (exact) mass is 258 g/mol. The molecular formula is C10H14N2O4S. The first-order chi connectivity index (χ1) is 7.63. The first-order valence-electron chi connectivity index (χ1n) is 4.91. The van der Waals surface area contributed by atoms with Gasteiger partial charge in [0.1, 0.15) is 0 Å². The number of hydrogen-bond donors (Lipinski definition) is 1. The lowest BCUT2D eigenvalue weighted by Gasteiger charge is -2.20. The molecule has 1 rings (SSSR count). The molecule has 17 heavy (non-hydrogen) atoms. The van der Waals surface area contributed by atoms with E-state index in [0.717, 1.165) is 6.07 Å². The lowest BCUT2D eigenvalue weighted by atomic mass is 10.1. The van der Waals surface area contributed by atoms with E-state index in [9.17, 15) is 18.5 Å². The molecule has 0 atom stereocenters. The second-order valence-corrected chi connectivity index (χ2v) is 6.23. The Morgan fingerprint density at radius 3 is 2.24 bits per heavy atom. The molecule has 0 aliphatic carbocycles. The zero-order valence-electron chi connectivity index (χ0n) is 9.80. The fourth-order valence-corrected chi connectivity index (χ4v) is 2.89. The maximum atomic E-state index is 12.0. The molecule has 0 saturated carbocycles. The smallest absolute Gasteiger partial charge is 0.258 e. The summed E-state index contributed by atoms with van der Waals surface area (Å²) in [6.45, 7) is 5.00. The minimum Gasteiger partial charge on any atom is -0.258 e. The molecule has 1 aromatic rings. The van der Waals surface area contributed by atoms with E-state index >= 15 is 0 Å². The maximum absolute atomic E-state index is 12.0. The molecule has 0 aromatic heterocycles. The van der Waals surface area contributed by atoms with Gasteiger partial charge in [-0.1, -0.05) is 12.1 Å². The number of para-hydroxylation sites is 1. The second kappa shape index (κ2) is 4.42. The van der Waals surface area contributed by atoms with Crippen molar-refractivity contribution in [2.75, 3.05) is 0 Å². The van der Waals surface area contributed by atoms with Crippen molar-refractivity contribution < 1.29 is 13.3 Å². The Bertz CT molecular complexity index is 531. The van der Waals surface area contributed by atoms with E-state index in [1.807, 2.05) is 0 Å². The predicted octanol–water partition coefficient (Wildman–Crippen LogP) is 1.67. The molecule has 0 spiro atoms. The molecule has 94 valence electrons. The summed E-state index contributed by atoms with van der Waals surface area (Å²) >= 11 is 0. The molecular weight excluding hydrogens is 244 g/mol. The molecule has 1 N–H and O–H groups in total. The standard InChI is InChI=1S/C10H14N2O4S/c1-10(2,3)11-17(15,16)9-7-5-4-6-8(9)12(13)14/h4-7,11H,1-3H3. The SMILES string of the molecule is CC(C)(C)NS(=O)(=O)c1ccccc1[N+](=O)[O-]. The number of nitro groups is 1. The third-order valence-corrected chi connectivity index (χ3v) is 3.60. The fourth-order valence-electron chi connectivity index (χ4n) is 1.29. The summed E-state index contributed by atoms with van der Waals surface area (Å²) in [5.74, 6) is 0. The quantitative estimate of drug-likeness (QED) is 0.659. The highest BCUT2D eigenvalue weighted by Crippen LogP contribution is 2.23. The zero-order chi connectivity index (χ0) is 13.3. The average Bonchev–Trinajstić information content (AvgIpc) is 2.14. The van der Waals surface area contributed by atoms with E-state index in [4.69, 9.17) is 0 Å². The van der Waals surface area contributed by atoms with Crippen molar-refractivity contribution >= 4 is 15.7 Å². The largest absolute Gasteiger partial charge is 0.289 e. The minimum absolute atomic E-state index is 0.320. The first-order valence-corrected chi connectivity index (χ1v) is 6.39. The van der Waals surface area contributed by atoms with Gasteiger partial charge in [-0.2, -0.15) is 0 Å². The highest BCUT2D eigenvalue weighted by molar-refractivity contribution is 7.89. The van der Waals surface area contributed by atoms with Crippen molar-refractivity contribution in [3.05, 3.63) is 34.4 Å². The third-order valence-electron chi connectivity index (χ3n) is 1.79. The van der Waals surface area contributed by atoms with Crippen LogP contribution in [0.2, 0.25) is 0 Å². The van der Waals surface area contributed by atoms with Crippen LogP contribution in [0.15, 0.2) is 29.2 Å². The van der Waals surface area contributed by atoms with Crippen LogP contribution in [0.1, 0.15) is 20.8 Å². The number of nitrogens with zero attached hydrogens (tertiary/aromatic N) is 1. The van der Waals surface area contributed by atoms with Crippen LogP contribution in [-0.2, 0) is 10.0 Å². The molecule has 7 heteroatoms. The Morgan fingerprint density at radius 2 is 1.76 bits per heavy atom. The number of nitro benzene ring substituents is 1. The number of hydrogen-bond acceptors (Lipinski definition) is 4. The minimum atomic E-state index is -3.89. The van der Waals surface area contributed by atoms with Gasteiger partial charge in [0.15, 0.2) is 4.90 Å². The van der Waals surface area contributed by atoms with Gasteiger partial charge in [0.2, 0.25) is 10.0 Å². The topological polar surface area (TPSA) is 89.3 Å². The summed E-state index contributed by atoms with van der Waals surface area (Å²) in [7, 11) is -3.89. The molecule has 0 radical (unpaired) electrons. The van der Waals surface area contributed by atoms with Gasteiger partial charge in [0.05, 0.1) is 4.92 Å². The van der Waals surface area contributed by atoms with Gasteiger partial charge >= 0.3 is 0 Å². The van der Waals surface area contributed by atoms with Gasteiger partial charge in [0, 0.05) is 11.6 Å². The summed E-state index contributed by atoms with van der Waals surface area (Å²) < 4.78 is 26.3. The van der Waals surface area contributed by atoms with E-state index in [1.165, 1.54) is 18.2 Å². The van der Waals surface area contributed by atoms with Crippen molar-refractivity contribution in [2.45, 2.75) is 31.2 Å². The fraction of sp³-hybridized carbons (Fsp3) is 0.400. The van der Waals surface area contributed by atoms with E-state index in [2.05, 4.69) is 4.72 Å². The van der Waals surface area contributed by atoms with Gasteiger partial charge < -0.3 is 0 Å². The normalized spacial score (nSPS) is 12.4. The van der Waals surface area contributed by atoms with Crippen molar-refractivity contribution in [2.24, 2.45) is 0 Å². The molecule has 6 nitrogen and oxygen atoms in total. The Kier molecular flexibility index (Phi) is 3.53. The van der Waals surface area contributed by atoms with Gasteiger partial charge in [0.25, 0.3) is 5.69 Å². The predicted molar refractivity (Wildman–Crippen MR) is 63.2 cm³/mol. The Hall–Kier alpha value is -1.47. The van der Waals surface area contributed by atoms with E-state index in [0.29, 0.717) is 0 Å². The Labute approximate surface area is 99.9 Å². The van der Waals surface area contributed by atoms with E-state index < -0.39 is 26.2 Å². The van der Waals surface area contributed by atoms with Gasteiger partial charge in [-0.15, -0.1) is 0 Å².